The summed E-state index contributed by atoms with van der Waals surface area (Å²) in [5, 5.41) is 16.5. The highest BCUT2D eigenvalue weighted by Crippen LogP contribution is 2.32. The fourth-order valence-electron chi connectivity index (χ4n) is 2.64. The fraction of sp³-hybridized carbons (Fsp3) is 0.364. The lowest BCUT2D eigenvalue weighted by atomic mass is 10.2. The van der Waals surface area contributed by atoms with E-state index in [1.807, 2.05) is 65.3 Å². The van der Waals surface area contributed by atoms with Crippen molar-refractivity contribution in [2.45, 2.75) is 43.8 Å². The maximum Gasteiger partial charge on any atom is 0.211 e. The zero-order chi connectivity index (χ0) is 23.7. The number of hydrogen-bond acceptors (Lipinski definition) is 8. The van der Waals surface area contributed by atoms with Crippen LogP contribution >= 0.6 is 11.8 Å². The summed E-state index contributed by atoms with van der Waals surface area (Å²) >= 11 is 1.46. The van der Waals surface area contributed by atoms with E-state index in [0.29, 0.717) is 17.4 Å². The number of nitrogens with one attached hydrogen (secondary N) is 4. The van der Waals surface area contributed by atoms with Gasteiger partial charge in [-0.2, -0.15) is 5.10 Å². The van der Waals surface area contributed by atoms with Crippen molar-refractivity contribution >= 4 is 41.3 Å². The molecule has 0 fully saturated rings. The first-order chi connectivity index (χ1) is 15.3. The number of aromatic amines is 1. The molecule has 3 aromatic rings. The number of carbonyl (C=O) groups is 1. The van der Waals surface area contributed by atoms with Crippen molar-refractivity contribution < 1.29 is 4.79 Å². The third-order valence-corrected chi connectivity index (χ3v) is 5.32. The molecule has 2 aromatic heterocycles. The summed E-state index contributed by atoms with van der Waals surface area (Å²) in [5.74, 6) is 2.30. The monoisotopic (exact) mass is 456 g/mol. The van der Waals surface area contributed by atoms with Gasteiger partial charge in [-0.15, -0.1) is 0 Å². The number of rotatable bonds is 8. The van der Waals surface area contributed by atoms with Crippen molar-refractivity contribution in [1.82, 2.24) is 25.5 Å². The number of hydrogen-bond donors (Lipinski definition) is 4. The fourth-order valence-corrected chi connectivity index (χ4v) is 3.39. The largest absolute Gasteiger partial charge is 0.357 e. The lowest BCUT2D eigenvalue weighted by molar-refractivity contribution is -0.105. The van der Waals surface area contributed by atoms with Gasteiger partial charge in [-0.25, -0.2) is 9.97 Å². The molecule has 1 aromatic carbocycles. The third kappa shape index (κ3) is 6.96. The number of aryl methyl sites for hydroxylation is 1. The Morgan fingerprint density at radius 3 is 2.31 bits per heavy atom. The van der Waals surface area contributed by atoms with Crippen molar-refractivity contribution in [3.8, 4) is 0 Å². The molecule has 0 radical (unpaired) electrons. The Hall–Kier alpha value is -3.11. The Kier molecular flexibility index (Phi) is 9.48. The Bertz CT molecular complexity index is 1000. The van der Waals surface area contributed by atoms with Crippen LogP contribution in [0.15, 0.2) is 40.4 Å². The van der Waals surface area contributed by atoms with E-state index in [-0.39, 0.29) is 6.04 Å². The second kappa shape index (κ2) is 12.1. The van der Waals surface area contributed by atoms with Gasteiger partial charge in [-0.3, -0.25) is 9.89 Å². The second-order valence-corrected chi connectivity index (χ2v) is 8.50. The number of nitrogens with zero attached hydrogens (tertiary/aromatic N) is 4. The normalized spacial score (nSPS) is 10.4. The highest BCUT2D eigenvalue weighted by atomic mass is 32.2. The zero-order valence-corrected chi connectivity index (χ0v) is 20.5. The van der Waals surface area contributed by atoms with Crippen LogP contribution in [-0.2, 0) is 4.79 Å². The van der Waals surface area contributed by atoms with Gasteiger partial charge < -0.3 is 20.9 Å². The van der Waals surface area contributed by atoms with E-state index < -0.39 is 0 Å². The van der Waals surface area contributed by atoms with E-state index in [1.54, 1.807) is 0 Å². The van der Waals surface area contributed by atoms with Crippen molar-refractivity contribution in [3.63, 3.8) is 0 Å². The molecular weight excluding hydrogens is 424 g/mol. The molecule has 32 heavy (non-hydrogen) atoms. The van der Waals surface area contributed by atoms with Gasteiger partial charge in [-0.05, 0) is 77.8 Å². The van der Waals surface area contributed by atoms with E-state index in [4.69, 9.17) is 9.97 Å². The van der Waals surface area contributed by atoms with Crippen molar-refractivity contribution in [1.29, 1.82) is 0 Å². The number of benzene rings is 1. The van der Waals surface area contributed by atoms with Gasteiger partial charge in [0.25, 0.3) is 0 Å². The summed E-state index contributed by atoms with van der Waals surface area (Å²) in [7, 11) is 5.77. The van der Waals surface area contributed by atoms with Crippen LogP contribution in [0.3, 0.4) is 0 Å². The van der Waals surface area contributed by atoms with Crippen LogP contribution in [-0.4, -0.2) is 53.8 Å². The van der Waals surface area contributed by atoms with Crippen LogP contribution in [0, 0.1) is 13.8 Å². The van der Waals surface area contributed by atoms with Crippen molar-refractivity contribution in [3.05, 3.63) is 41.6 Å². The molecule has 0 saturated heterocycles. The van der Waals surface area contributed by atoms with Gasteiger partial charge in [-0.1, -0.05) is 0 Å². The van der Waals surface area contributed by atoms with Gasteiger partial charge in [0, 0.05) is 41.0 Å². The van der Waals surface area contributed by atoms with Crippen LogP contribution in [0.5, 0.6) is 0 Å². The molecule has 4 N–H and O–H groups in total. The Balaban J connectivity index is 0.00000114. The molecule has 1 amide bonds. The summed E-state index contributed by atoms with van der Waals surface area (Å²) in [5.41, 5.74) is 2.67. The SMILES string of the molecule is CNC.Cc1cc(Nc2nc(Sc3ccc(NC=O)cc3)nc(N(C)C(C)C)c2C)n[nH]1. The maximum atomic E-state index is 10.6. The summed E-state index contributed by atoms with van der Waals surface area (Å²) < 4.78 is 0. The predicted octanol–water partition coefficient (Wildman–Crippen LogP) is 3.96. The van der Waals surface area contributed by atoms with Gasteiger partial charge in [0.2, 0.25) is 6.41 Å². The van der Waals surface area contributed by atoms with Crippen LogP contribution in [0.4, 0.5) is 23.1 Å². The molecule has 0 saturated carbocycles. The van der Waals surface area contributed by atoms with E-state index in [9.17, 15) is 4.79 Å². The van der Waals surface area contributed by atoms with Crippen LogP contribution in [0.2, 0.25) is 0 Å². The van der Waals surface area contributed by atoms with Crippen LogP contribution in [0.1, 0.15) is 25.1 Å². The van der Waals surface area contributed by atoms with E-state index in [2.05, 4.69) is 44.9 Å². The highest BCUT2D eigenvalue weighted by Gasteiger charge is 2.17. The lowest BCUT2D eigenvalue weighted by Crippen LogP contribution is -2.28. The molecule has 0 atom stereocenters. The first-order valence-corrected chi connectivity index (χ1v) is 11.1. The molecule has 0 aliphatic carbocycles. The van der Waals surface area contributed by atoms with Crippen molar-refractivity contribution in [2.75, 3.05) is 36.7 Å². The van der Waals surface area contributed by atoms with Gasteiger partial charge in [0.15, 0.2) is 11.0 Å². The molecule has 0 unspecified atom stereocenters. The first-order valence-electron chi connectivity index (χ1n) is 10.3. The molecule has 2 heterocycles. The minimum Gasteiger partial charge on any atom is -0.357 e. The molecule has 9 nitrogen and oxygen atoms in total. The summed E-state index contributed by atoms with van der Waals surface area (Å²) in [6.45, 7) is 8.20. The number of carbonyl (C=O) groups excluding carboxylic acids is 1. The van der Waals surface area contributed by atoms with Gasteiger partial charge in [0.1, 0.15) is 11.6 Å². The zero-order valence-electron chi connectivity index (χ0n) is 19.6. The Morgan fingerprint density at radius 1 is 1.12 bits per heavy atom. The molecule has 0 aliphatic heterocycles. The van der Waals surface area contributed by atoms with E-state index >= 15 is 0 Å². The number of H-pyrrole nitrogens is 1. The molecule has 3 rings (SSSR count). The van der Waals surface area contributed by atoms with E-state index in [0.717, 1.165) is 33.5 Å². The topological polar surface area (TPSA) is 111 Å². The average molecular weight is 457 g/mol. The molecule has 172 valence electrons. The minimum atomic E-state index is 0.288. The lowest BCUT2D eigenvalue weighted by Gasteiger charge is -2.25. The number of aromatic nitrogens is 4. The summed E-state index contributed by atoms with van der Waals surface area (Å²) in [6.07, 6.45) is 0.661. The highest BCUT2D eigenvalue weighted by molar-refractivity contribution is 7.99. The van der Waals surface area contributed by atoms with Gasteiger partial charge >= 0.3 is 0 Å². The number of anilines is 4. The van der Waals surface area contributed by atoms with Gasteiger partial charge in [0.05, 0.1) is 0 Å². The first kappa shape index (κ1) is 25.2. The quantitative estimate of drug-likeness (QED) is 0.298. The predicted molar refractivity (Wildman–Crippen MR) is 132 cm³/mol. The average Bonchev–Trinajstić information content (AvgIpc) is 3.16. The molecule has 0 aliphatic rings. The molecule has 0 bridgehead atoms. The molecule has 0 spiro atoms. The van der Waals surface area contributed by atoms with Crippen LogP contribution in [0.25, 0.3) is 0 Å². The maximum absolute atomic E-state index is 10.6. The third-order valence-electron chi connectivity index (χ3n) is 4.45. The van der Waals surface area contributed by atoms with Crippen molar-refractivity contribution in [2.24, 2.45) is 0 Å². The number of amides is 1. The van der Waals surface area contributed by atoms with Crippen LogP contribution < -0.4 is 20.9 Å². The Labute approximate surface area is 193 Å². The second-order valence-electron chi connectivity index (χ2n) is 7.46. The van der Waals surface area contributed by atoms with E-state index in [1.165, 1.54) is 11.8 Å². The standard InChI is InChI=1S/C20H25N7OS.C2H7N/c1-12(2)27(5)19-14(4)18(22-17-10-13(3)25-26-17)23-20(24-19)29-16-8-6-15(7-9-16)21-11-28;1-3-2/h6-12H,1-5H3,(H,21,28)(H2,22,23,24,25,26);3H,1-2H3. The molecule has 10 heteroatoms. The summed E-state index contributed by atoms with van der Waals surface area (Å²) in [4.78, 5) is 23.2. The molecular formula is C22H32N8OS. The minimum absolute atomic E-state index is 0.288. The summed E-state index contributed by atoms with van der Waals surface area (Å²) in [6, 6.07) is 9.76. The smallest absolute Gasteiger partial charge is 0.211 e. The Morgan fingerprint density at radius 2 is 1.78 bits per heavy atom.